The third kappa shape index (κ3) is 4.04. The maximum atomic E-state index is 4.21. The molecular formula is C12H23N3. The minimum atomic E-state index is 0.467. The van der Waals surface area contributed by atoms with E-state index in [4.69, 9.17) is 0 Å². The van der Waals surface area contributed by atoms with E-state index < -0.39 is 0 Å². The molecule has 3 unspecified atom stereocenters. The van der Waals surface area contributed by atoms with Crippen LogP contribution in [0.15, 0.2) is 18.5 Å². The molecule has 0 aromatic carbocycles. The number of nitrogens with zero attached hydrogens (tertiary/aromatic N) is 2. The van der Waals surface area contributed by atoms with Crippen molar-refractivity contribution in [2.45, 2.75) is 52.7 Å². The Hall–Kier alpha value is -0.830. The molecule has 0 fully saturated rings. The zero-order chi connectivity index (χ0) is 11.3. The smallest absolute Gasteiger partial charge is 0.0560 e. The molecule has 0 saturated heterocycles. The van der Waals surface area contributed by atoms with Gasteiger partial charge in [0.15, 0.2) is 0 Å². The van der Waals surface area contributed by atoms with Crippen molar-refractivity contribution in [3.8, 4) is 0 Å². The van der Waals surface area contributed by atoms with Gasteiger partial charge in [-0.2, -0.15) is 5.10 Å². The molecule has 1 aromatic heterocycles. The van der Waals surface area contributed by atoms with Gasteiger partial charge >= 0.3 is 0 Å². The van der Waals surface area contributed by atoms with Crippen LogP contribution in [0.1, 0.15) is 34.1 Å². The molecule has 0 aliphatic heterocycles. The Morgan fingerprint density at radius 3 is 2.60 bits per heavy atom. The van der Waals surface area contributed by atoms with Gasteiger partial charge in [-0.1, -0.05) is 20.3 Å². The highest BCUT2D eigenvalue weighted by molar-refractivity contribution is 4.80. The highest BCUT2D eigenvalue weighted by atomic mass is 15.3. The summed E-state index contributed by atoms with van der Waals surface area (Å²) in [6, 6.07) is 3.00. The van der Waals surface area contributed by atoms with Gasteiger partial charge in [0.05, 0.1) is 6.54 Å². The molecule has 3 nitrogen and oxygen atoms in total. The molecule has 15 heavy (non-hydrogen) atoms. The van der Waals surface area contributed by atoms with Crippen LogP contribution in [0.2, 0.25) is 0 Å². The van der Waals surface area contributed by atoms with E-state index in [2.05, 4.69) is 38.1 Å². The number of aromatic nitrogens is 2. The summed E-state index contributed by atoms with van der Waals surface area (Å²) in [5.41, 5.74) is 0. The number of hydrogen-bond acceptors (Lipinski definition) is 2. The van der Waals surface area contributed by atoms with Crippen LogP contribution < -0.4 is 5.32 Å². The summed E-state index contributed by atoms with van der Waals surface area (Å²) >= 11 is 0. The summed E-state index contributed by atoms with van der Waals surface area (Å²) in [5.74, 6) is 0.727. The SMILES string of the molecule is CCC(C)C(C)NC(C)Cn1cccn1. The Bertz CT molecular complexity index is 256. The van der Waals surface area contributed by atoms with Crippen molar-refractivity contribution < 1.29 is 0 Å². The normalized spacial score (nSPS) is 17.3. The molecule has 0 bridgehead atoms. The molecule has 3 heteroatoms. The van der Waals surface area contributed by atoms with Crippen LogP contribution in [0.5, 0.6) is 0 Å². The van der Waals surface area contributed by atoms with Crippen molar-refractivity contribution in [1.29, 1.82) is 0 Å². The summed E-state index contributed by atoms with van der Waals surface area (Å²) in [7, 11) is 0. The first-order chi connectivity index (χ1) is 7.13. The van der Waals surface area contributed by atoms with E-state index in [-0.39, 0.29) is 0 Å². The Labute approximate surface area is 92.9 Å². The first-order valence-corrected chi connectivity index (χ1v) is 5.87. The molecule has 0 spiro atoms. The molecule has 0 amide bonds. The van der Waals surface area contributed by atoms with Gasteiger partial charge < -0.3 is 5.32 Å². The van der Waals surface area contributed by atoms with Crippen LogP contribution in [0, 0.1) is 5.92 Å². The van der Waals surface area contributed by atoms with Gasteiger partial charge in [0, 0.05) is 24.5 Å². The van der Waals surface area contributed by atoms with Gasteiger partial charge in [-0.05, 0) is 25.8 Å². The molecule has 1 aromatic rings. The Morgan fingerprint density at radius 1 is 1.33 bits per heavy atom. The Morgan fingerprint density at radius 2 is 2.07 bits per heavy atom. The van der Waals surface area contributed by atoms with Gasteiger partial charge in [-0.25, -0.2) is 0 Å². The maximum Gasteiger partial charge on any atom is 0.0560 e. The standard InChI is InChI=1S/C12H23N3/c1-5-10(2)12(4)14-11(3)9-15-8-6-7-13-15/h6-8,10-12,14H,5,9H2,1-4H3. The summed E-state index contributed by atoms with van der Waals surface area (Å²) < 4.78 is 1.97. The number of nitrogens with one attached hydrogen (secondary N) is 1. The minimum absolute atomic E-state index is 0.467. The van der Waals surface area contributed by atoms with E-state index in [1.165, 1.54) is 6.42 Å². The number of hydrogen-bond donors (Lipinski definition) is 1. The van der Waals surface area contributed by atoms with E-state index >= 15 is 0 Å². The summed E-state index contributed by atoms with van der Waals surface area (Å²) in [4.78, 5) is 0. The van der Waals surface area contributed by atoms with Crippen LogP contribution in [-0.2, 0) is 6.54 Å². The lowest BCUT2D eigenvalue weighted by atomic mass is 10.0. The predicted molar refractivity (Wildman–Crippen MR) is 63.7 cm³/mol. The van der Waals surface area contributed by atoms with E-state index in [1.807, 2.05) is 23.1 Å². The topological polar surface area (TPSA) is 29.9 Å². The monoisotopic (exact) mass is 209 g/mol. The molecule has 1 heterocycles. The molecule has 0 aliphatic carbocycles. The molecule has 0 aliphatic rings. The van der Waals surface area contributed by atoms with Gasteiger partial charge in [0.2, 0.25) is 0 Å². The van der Waals surface area contributed by atoms with Crippen molar-refractivity contribution >= 4 is 0 Å². The lowest BCUT2D eigenvalue weighted by Gasteiger charge is -2.24. The minimum Gasteiger partial charge on any atom is -0.310 e. The average Bonchev–Trinajstić information content (AvgIpc) is 2.68. The fourth-order valence-electron chi connectivity index (χ4n) is 1.71. The van der Waals surface area contributed by atoms with Crippen molar-refractivity contribution in [1.82, 2.24) is 15.1 Å². The summed E-state index contributed by atoms with van der Waals surface area (Å²) in [5, 5.41) is 7.81. The first-order valence-electron chi connectivity index (χ1n) is 5.87. The molecule has 86 valence electrons. The zero-order valence-corrected chi connectivity index (χ0v) is 10.3. The van der Waals surface area contributed by atoms with Crippen molar-refractivity contribution in [2.75, 3.05) is 0 Å². The van der Waals surface area contributed by atoms with E-state index in [9.17, 15) is 0 Å². The van der Waals surface area contributed by atoms with Gasteiger partial charge in [0.1, 0.15) is 0 Å². The van der Waals surface area contributed by atoms with Crippen molar-refractivity contribution in [2.24, 2.45) is 5.92 Å². The summed E-state index contributed by atoms with van der Waals surface area (Å²) in [6.07, 6.45) is 5.06. The van der Waals surface area contributed by atoms with Gasteiger partial charge in [-0.3, -0.25) is 4.68 Å². The number of rotatable bonds is 6. The lowest BCUT2D eigenvalue weighted by molar-refractivity contribution is 0.333. The predicted octanol–water partition coefficient (Wildman–Crippen LogP) is 2.30. The van der Waals surface area contributed by atoms with Crippen molar-refractivity contribution in [3.63, 3.8) is 0 Å². The average molecular weight is 209 g/mol. The third-order valence-corrected chi connectivity index (χ3v) is 3.07. The van der Waals surface area contributed by atoms with E-state index in [0.29, 0.717) is 12.1 Å². The molecule has 3 atom stereocenters. The second kappa shape index (κ2) is 5.91. The molecule has 1 N–H and O–H groups in total. The molecular weight excluding hydrogens is 186 g/mol. The van der Waals surface area contributed by atoms with E-state index in [0.717, 1.165) is 12.5 Å². The fraction of sp³-hybridized carbons (Fsp3) is 0.750. The fourth-order valence-corrected chi connectivity index (χ4v) is 1.71. The first kappa shape index (κ1) is 12.2. The zero-order valence-electron chi connectivity index (χ0n) is 10.3. The van der Waals surface area contributed by atoms with Crippen LogP contribution in [0.4, 0.5) is 0 Å². The Balaban J connectivity index is 2.32. The highest BCUT2D eigenvalue weighted by Gasteiger charge is 2.12. The van der Waals surface area contributed by atoms with Crippen LogP contribution in [-0.4, -0.2) is 21.9 Å². The largest absolute Gasteiger partial charge is 0.310 e. The Kier molecular flexibility index (Phi) is 4.82. The van der Waals surface area contributed by atoms with Crippen LogP contribution in [0.25, 0.3) is 0 Å². The summed E-state index contributed by atoms with van der Waals surface area (Å²) in [6.45, 7) is 9.93. The second-order valence-electron chi connectivity index (χ2n) is 4.47. The molecule has 0 radical (unpaired) electrons. The highest BCUT2D eigenvalue weighted by Crippen LogP contribution is 2.07. The molecule has 1 rings (SSSR count). The molecule has 0 saturated carbocycles. The van der Waals surface area contributed by atoms with Crippen LogP contribution in [0.3, 0.4) is 0 Å². The quantitative estimate of drug-likeness (QED) is 0.779. The lowest BCUT2D eigenvalue weighted by Crippen LogP contribution is -2.40. The third-order valence-electron chi connectivity index (χ3n) is 3.07. The van der Waals surface area contributed by atoms with Crippen molar-refractivity contribution in [3.05, 3.63) is 18.5 Å². The van der Waals surface area contributed by atoms with Crippen LogP contribution >= 0.6 is 0 Å². The van der Waals surface area contributed by atoms with E-state index in [1.54, 1.807) is 0 Å². The van der Waals surface area contributed by atoms with Gasteiger partial charge in [0.25, 0.3) is 0 Å². The second-order valence-corrected chi connectivity index (χ2v) is 4.47. The maximum absolute atomic E-state index is 4.21. The van der Waals surface area contributed by atoms with Gasteiger partial charge in [-0.15, -0.1) is 0 Å².